The molecule has 10 N–H and O–H groups in total. The van der Waals surface area contributed by atoms with Gasteiger partial charge in [-0.2, -0.15) is 16.9 Å². The molecular formula is C21H36N7O16P3S. The highest BCUT2D eigenvalue weighted by molar-refractivity contribution is 7.80. The van der Waals surface area contributed by atoms with Crippen LogP contribution in [-0.2, 0) is 45.9 Å². The van der Waals surface area contributed by atoms with Gasteiger partial charge in [-0.05, 0) is 13.8 Å². The predicted octanol–water partition coefficient (Wildman–Crippen LogP) is -1.52. The Morgan fingerprint density at radius 1 is 1.12 bits per heavy atom. The first-order valence-electron chi connectivity index (χ1n) is 13.7. The summed E-state index contributed by atoms with van der Waals surface area (Å²) in [7, 11) is -16.4. The summed E-state index contributed by atoms with van der Waals surface area (Å²) in [4.78, 5) is 74.6. The lowest BCUT2D eigenvalue weighted by Gasteiger charge is -2.29. The normalized spacial score (nSPS) is 23.4. The van der Waals surface area contributed by atoms with Gasteiger partial charge in [0.05, 0.1) is 18.5 Å². The van der Waals surface area contributed by atoms with E-state index in [-0.39, 0.29) is 35.9 Å². The Kier molecular flexibility index (Phi) is 13.7. The van der Waals surface area contributed by atoms with Crippen LogP contribution in [0.1, 0.15) is 32.9 Å². The molecule has 3 heterocycles. The monoisotopic (exact) mass is 767 g/mol. The molecular weight excluding hydrogens is 731 g/mol. The van der Waals surface area contributed by atoms with Gasteiger partial charge in [-0.25, -0.2) is 28.6 Å². The van der Waals surface area contributed by atoms with Crippen molar-refractivity contribution in [3.05, 3.63) is 12.7 Å². The number of fused-ring (bicyclic) bond motifs is 1. The number of aliphatic hydroxyl groups excluding tert-OH is 2. The van der Waals surface area contributed by atoms with Crippen LogP contribution in [0, 0.1) is 0 Å². The number of carbonyl (C=O) groups excluding carboxylic acids is 2. The Morgan fingerprint density at radius 2 is 1.81 bits per heavy atom. The lowest BCUT2D eigenvalue weighted by atomic mass is 10.0. The Balaban J connectivity index is 1.61. The summed E-state index contributed by atoms with van der Waals surface area (Å²) in [6, 6.07) is 0. The minimum Gasteiger partial charge on any atom is -0.386 e. The molecule has 2 aromatic heterocycles. The van der Waals surface area contributed by atoms with E-state index < -0.39 is 78.6 Å². The van der Waals surface area contributed by atoms with E-state index in [9.17, 15) is 53.1 Å². The lowest BCUT2D eigenvalue weighted by molar-refractivity contribution is -0.132. The minimum atomic E-state index is -5.55. The van der Waals surface area contributed by atoms with Crippen molar-refractivity contribution < 1.29 is 75.7 Å². The maximum atomic E-state index is 12.6. The molecule has 0 bridgehead atoms. The van der Waals surface area contributed by atoms with Gasteiger partial charge in [0.1, 0.15) is 36.3 Å². The number of nitrogens with two attached hydrogens (primary N) is 1. The second-order valence-electron chi connectivity index (χ2n) is 10.7. The van der Waals surface area contributed by atoms with Crippen LogP contribution in [0.5, 0.6) is 0 Å². The van der Waals surface area contributed by atoms with Crippen molar-refractivity contribution in [1.82, 2.24) is 30.2 Å². The second kappa shape index (κ2) is 16.3. The molecule has 3 rings (SSSR count). The maximum absolute atomic E-state index is 12.6. The topological polar surface area (TPSA) is 347 Å². The summed E-state index contributed by atoms with van der Waals surface area (Å²) >= 11 is 3.95. The van der Waals surface area contributed by atoms with Crippen LogP contribution in [0.4, 0.5) is 5.82 Å². The number of ether oxygens (including phenoxy) is 1. The van der Waals surface area contributed by atoms with E-state index >= 15 is 0 Å². The molecule has 3 unspecified atom stereocenters. The largest absolute Gasteiger partial charge is 0.481 e. The summed E-state index contributed by atoms with van der Waals surface area (Å²) < 4.78 is 62.1. The number of thiol groups is 1. The van der Waals surface area contributed by atoms with Crippen LogP contribution in [0.15, 0.2) is 12.7 Å². The SMILES string of the molecule is CC(C)(CC(O)C(=O)NCCC(=O)NCCS)OP(=O)(O)OP(=O)(O)OC[C@H]1O[C@@H](n2cnc3c(N)ncnc32)[C@H](O)[C@@H]1OP(=O)(O)O. The number of phosphoric ester groups is 3. The van der Waals surface area contributed by atoms with Crippen molar-refractivity contribution in [2.45, 2.75) is 62.9 Å². The van der Waals surface area contributed by atoms with Crippen LogP contribution < -0.4 is 16.4 Å². The van der Waals surface area contributed by atoms with Gasteiger partial charge < -0.3 is 50.9 Å². The number of amides is 2. The third kappa shape index (κ3) is 11.8. The molecule has 0 radical (unpaired) electrons. The molecule has 48 heavy (non-hydrogen) atoms. The van der Waals surface area contributed by atoms with E-state index in [1.54, 1.807) is 0 Å². The van der Waals surface area contributed by atoms with Gasteiger partial charge in [0.15, 0.2) is 17.7 Å². The van der Waals surface area contributed by atoms with E-state index in [4.69, 9.17) is 19.5 Å². The smallest absolute Gasteiger partial charge is 0.386 e. The molecule has 23 nitrogen and oxygen atoms in total. The highest BCUT2D eigenvalue weighted by Gasteiger charge is 2.50. The summed E-state index contributed by atoms with van der Waals surface area (Å²) in [5.41, 5.74) is 4.05. The van der Waals surface area contributed by atoms with Crippen molar-refractivity contribution in [2.75, 3.05) is 31.2 Å². The number of phosphoric acid groups is 3. The molecule has 0 aliphatic carbocycles. The average Bonchev–Trinajstić information content (AvgIpc) is 3.50. The van der Waals surface area contributed by atoms with Crippen LogP contribution in [0.2, 0.25) is 0 Å². The van der Waals surface area contributed by atoms with Gasteiger partial charge in [-0.3, -0.25) is 27.7 Å². The molecule has 1 aliphatic rings. The number of nitrogen functional groups attached to an aromatic ring is 1. The quantitative estimate of drug-likeness (QED) is 0.0608. The van der Waals surface area contributed by atoms with E-state index in [0.29, 0.717) is 12.3 Å². The minimum absolute atomic E-state index is 0.0365. The maximum Gasteiger partial charge on any atom is 0.481 e. The second-order valence-corrected chi connectivity index (χ2v) is 15.3. The number of hydrogen-bond acceptors (Lipinski definition) is 17. The summed E-state index contributed by atoms with van der Waals surface area (Å²) in [6.07, 6.45) is -7.33. The van der Waals surface area contributed by atoms with Crippen LogP contribution in [-0.4, -0.2) is 117 Å². The highest BCUT2D eigenvalue weighted by Crippen LogP contribution is 2.62. The van der Waals surface area contributed by atoms with E-state index in [0.717, 1.165) is 31.1 Å². The molecule has 1 fully saturated rings. The molecule has 1 saturated heterocycles. The summed E-state index contributed by atoms with van der Waals surface area (Å²) in [5, 5.41) is 25.9. The van der Waals surface area contributed by atoms with Crippen molar-refractivity contribution in [2.24, 2.45) is 0 Å². The zero-order valence-corrected chi connectivity index (χ0v) is 28.8. The number of aromatic nitrogens is 4. The van der Waals surface area contributed by atoms with E-state index in [1.807, 2.05) is 0 Å². The summed E-state index contributed by atoms with van der Waals surface area (Å²) in [6.45, 7) is 1.39. The zero-order chi connectivity index (χ0) is 36.1. The van der Waals surface area contributed by atoms with Crippen molar-refractivity contribution in [1.29, 1.82) is 0 Å². The number of rotatable bonds is 18. The van der Waals surface area contributed by atoms with Crippen molar-refractivity contribution in [3.63, 3.8) is 0 Å². The molecule has 2 amide bonds. The molecule has 0 spiro atoms. The molecule has 27 heteroatoms. The Morgan fingerprint density at radius 3 is 2.46 bits per heavy atom. The first-order chi connectivity index (χ1) is 22.1. The number of anilines is 1. The zero-order valence-electron chi connectivity index (χ0n) is 25.2. The fraction of sp³-hybridized carbons (Fsp3) is 0.667. The first-order valence-corrected chi connectivity index (χ1v) is 18.8. The van der Waals surface area contributed by atoms with Crippen LogP contribution in [0.3, 0.4) is 0 Å². The number of imidazole rings is 1. The van der Waals surface area contributed by atoms with Gasteiger partial charge >= 0.3 is 23.5 Å². The third-order valence-electron chi connectivity index (χ3n) is 6.27. The number of nitrogens with zero attached hydrogens (tertiary/aromatic N) is 4. The van der Waals surface area contributed by atoms with Gasteiger partial charge in [0.25, 0.3) is 0 Å². The Labute approximate surface area is 277 Å². The number of hydrogen-bond donors (Lipinski definition) is 10. The first kappa shape index (κ1) is 40.3. The molecule has 2 aromatic rings. The molecule has 0 saturated carbocycles. The van der Waals surface area contributed by atoms with Gasteiger partial charge in [-0.1, -0.05) is 0 Å². The number of aliphatic hydroxyl groups is 2. The van der Waals surface area contributed by atoms with Gasteiger partial charge in [-0.15, -0.1) is 0 Å². The molecule has 0 aromatic carbocycles. The fourth-order valence-corrected chi connectivity index (χ4v) is 7.46. The molecule has 7 atom stereocenters. The van der Waals surface area contributed by atoms with Crippen molar-refractivity contribution in [3.8, 4) is 0 Å². The summed E-state index contributed by atoms with van der Waals surface area (Å²) in [5.74, 6) is -0.939. The van der Waals surface area contributed by atoms with Gasteiger partial charge in [0.2, 0.25) is 11.8 Å². The third-order valence-corrected chi connectivity index (χ3v) is 9.87. The van der Waals surface area contributed by atoms with Crippen molar-refractivity contribution >= 4 is 64.9 Å². The van der Waals surface area contributed by atoms with Gasteiger partial charge in [0, 0.05) is 31.7 Å². The standard InChI is InChI=1S/C21H36N7O16P3S/c1-21(2,7-11(29)19(32)24-4-3-13(30)23-5-6-48)43-47(38,39)44-46(36,37)40-8-12-16(42-45(33,34)35)15(31)20(41-12)28-10-27-14-17(22)25-9-26-18(14)28/h9-12,15-16,20,29,31,48H,3-8H2,1-2H3,(H,23,30)(H,24,32)(H,36,37)(H,38,39)(H2,22,25,26)(H2,33,34,35)/t11?,12-,15-,16-,20-/m1/s1. The van der Waals surface area contributed by atoms with Crippen LogP contribution >= 0.6 is 36.1 Å². The average molecular weight is 768 g/mol. The predicted molar refractivity (Wildman–Crippen MR) is 164 cm³/mol. The fourth-order valence-electron chi connectivity index (χ4n) is 4.38. The van der Waals surface area contributed by atoms with E-state index in [1.165, 1.54) is 0 Å². The van der Waals surface area contributed by atoms with E-state index in [2.05, 4.69) is 47.0 Å². The highest BCUT2D eigenvalue weighted by atomic mass is 32.1. The Hall–Kier alpha value is -2.11. The molecule has 1 aliphatic heterocycles. The van der Waals surface area contributed by atoms with Crippen LogP contribution in [0.25, 0.3) is 11.2 Å². The number of carbonyl (C=O) groups is 2. The lowest BCUT2D eigenvalue weighted by Crippen LogP contribution is -2.41. The molecule has 272 valence electrons. The number of nitrogens with one attached hydrogen (secondary N) is 2. The Bertz CT molecular complexity index is 1590.